The highest BCUT2D eigenvalue weighted by atomic mass is 19.3. The number of aliphatic hydroxyl groups excluding tert-OH is 1. The maximum Gasteiger partial charge on any atom is 0.239 e. The van der Waals surface area contributed by atoms with Crippen molar-refractivity contribution in [3.63, 3.8) is 0 Å². The first-order chi connectivity index (χ1) is 3.98. The highest BCUT2D eigenvalue weighted by molar-refractivity contribution is 4.67. The Morgan fingerprint density at radius 2 is 1.89 bits per heavy atom. The fourth-order valence-electron chi connectivity index (χ4n) is 0.482. The second-order valence-corrected chi connectivity index (χ2v) is 2.92. The van der Waals surface area contributed by atoms with Gasteiger partial charge in [-0.1, -0.05) is 13.8 Å². The minimum absolute atomic E-state index is 0.183. The molecule has 1 nitrogen and oxygen atoms in total. The van der Waals surface area contributed by atoms with Crippen molar-refractivity contribution in [2.24, 2.45) is 5.41 Å². The van der Waals surface area contributed by atoms with Gasteiger partial charge in [-0.05, 0) is 5.41 Å². The molecule has 0 atom stereocenters. The van der Waals surface area contributed by atoms with E-state index in [1.165, 1.54) is 0 Å². The van der Waals surface area contributed by atoms with Gasteiger partial charge in [-0.15, -0.1) is 0 Å². The standard InChI is InChI=1S/C6H12F2O/c1-6(2,4-9)3-5(7)8/h5,9H,3-4H2,1-2H3. The molecule has 0 rings (SSSR count). The summed E-state index contributed by atoms with van der Waals surface area (Å²) in [6, 6.07) is 0. The van der Waals surface area contributed by atoms with Crippen LogP contribution in [0.4, 0.5) is 8.78 Å². The number of halogens is 2. The van der Waals surface area contributed by atoms with E-state index in [0.717, 1.165) is 0 Å². The molecule has 0 unspecified atom stereocenters. The molecule has 0 aromatic heterocycles. The zero-order valence-corrected chi connectivity index (χ0v) is 5.69. The predicted octanol–water partition coefficient (Wildman–Crippen LogP) is 1.66. The molecular weight excluding hydrogens is 126 g/mol. The van der Waals surface area contributed by atoms with Gasteiger partial charge < -0.3 is 5.11 Å². The highest BCUT2D eigenvalue weighted by Gasteiger charge is 2.21. The molecule has 0 aromatic rings. The zero-order valence-electron chi connectivity index (χ0n) is 5.69. The summed E-state index contributed by atoms with van der Waals surface area (Å²) in [6.07, 6.45) is -2.55. The smallest absolute Gasteiger partial charge is 0.239 e. The third kappa shape index (κ3) is 4.33. The van der Waals surface area contributed by atoms with Crippen LogP contribution in [0.5, 0.6) is 0 Å². The van der Waals surface area contributed by atoms with Gasteiger partial charge >= 0.3 is 0 Å². The molecule has 0 aliphatic rings. The number of rotatable bonds is 3. The van der Waals surface area contributed by atoms with Gasteiger partial charge in [-0.25, -0.2) is 8.78 Å². The molecule has 0 heterocycles. The van der Waals surface area contributed by atoms with Crippen LogP contribution < -0.4 is 0 Å². The molecule has 0 aliphatic carbocycles. The molecule has 0 saturated heterocycles. The lowest BCUT2D eigenvalue weighted by atomic mass is 9.91. The van der Waals surface area contributed by atoms with E-state index in [9.17, 15) is 8.78 Å². The second kappa shape index (κ2) is 3.11. The Labute approximate surface area is 53.7 Å². The highest BCUT2D eigenvalue weighted by Crippen LogP contribution is 2.22. The van der Waals surface area contributed by atoms with Crippen LogP contribution in [0.3, 0.4) is 0 Å². The van der Waals surface area contributed by atoms with Crippen molar-refractivity contribution < 1.29 is 13.9 Å². The summed E-state index contributed by atoms with van der Waals surface area (Å²) in [5.41, 5.74) is -0.631. The summed E-state index contributed by atoms with van der Waals surface area (Å²) in [6.45, 7) is 3.04. The molecule has 9 heavy (non-hydrogen) atoms. The van der Waals surface area contributed by atoms with E-state index < -0.39 is 11.8 Å². The van der Waals surface area contributed by atoms with Gasteiger partial charge in [0.15, 0.2) is 0 Å². The van der Waals surface area contributed by atoms with Crippen molar-refractivity contribution in [2.75, 3.05) is 6.61 Å². The van der Waals surface area contributed by atoms with Crippen LogP contribution in [-0.4, -0.2) is 18.1 Å². The van der Waals surface area contributed by atoms with Crippen LogP contribution in [0.1, 0.15) is 20.3 Å². The van der Waals surface area contributed by atoms with E-state index in [-0.39, 0.29) is 13.0 Å². The van der Waals surface area contributed by atoms with E-state index >= 15 is 0 Å². The van der Waals surface area contributed by atoms with Crippen LogP contribution in [0.15, 0.2) is 0 Å². The van der Waals surface area contributed by atoms with Gasteiger partial charge in [0, 0.05) is 13.0 Å². The Bertz CT molecular complexity index is 81.1. The minimum Gasteiger partial charge on any atom is -0.396 e. The summed E-state index contributed by atoms with van der Waals surface area (Å²) in [4.78, 5) is 0. The summed E-state index contributed by atoms with van der Waals surface area (Å²) in [5.74, 6) is 0. The molecular formula is C6H12F2O. The molecule has 0 amide bonds. The van der Waals surface area contributed by atoms with Gasteiger partial charge in [-0.3, -0.25) is 0 Å². The van der Waals surface area contributed by atoms with Crippen LogP contribution in [0.25, 0.3) is 0 Å². The normalized spacial score (nSPS) is 12.7. The van der Waals surface area contributed by atoms with Gasteiger partial charge in [0.1, 0.15) is 0 Å². The van der Waals surface area contributed by atoms with E-state index in [0.29, 0.717) is 0 Å². The molecule has 0 aliphatic heterocycles. The zero-order chi connectivity index (χ0) is 7.49. The van der Waals surface area contributed by atoms with Crippen molar-refractivity contribution in [3.8, 4) is 0 Å². The second-order valence-electron chi connectivity index (χ2n) is 2.92. The van der Waals surface area contributed by atoms with Gasteiger partial charge in [-0.2, -0.15) is 0 Å². The van der Waals surface area contributed by atoms with Gasteiger partial charge in [0.05, 0.1) is 0 Å². The average Bonchev–Trinajstić information content (AvgIpc) is 1.63. The molecule has 0 radical (unpaired) electrons. The summed E-state index contributed by atoms with van der Waals surface area (Å²) >= 11 is 0. The Morgan fingerprint density at radius 1 is 1.44 bits per heavy atom. The monoisotopic (exact) mass is 138 g/mol. The largest absolute Gasteiger partial charge is 0.396 e. The first-order valence-corrected chi connectivity index (χ1v) is 2.87. The first-order valence-electron chi connectivity index (χ1n) is 2.87. The fourth-order valence-corrected chi connectivity index (χ4v) is 0.482. The molecule has 0 saturated carbocycles. The van der Waals surface area contributed by atoms with Crippen LogP contribution in [0.2, 0.25) is 0 Å². The van der Waals surface area contributed by atoms with Gasteiger partial charge in [0.25, 0.3) is 0 Å². The molecule has 56 valence electrons. The van der Waals surface area contributed by atoms with E-state index in [1.54, 1.807) is 13.8 Å². The molecule has 3 heteroatoms. The Balaban J connectivity index is 3.58. The SMILES string of the molecule is CC(C)(CO)CC(F)F. The quantitative estimate of drug-likeness (QED) is 0.628. The molecule has 0 fully saturated rings. The van der Waals surface area contributed by atoms with E-state index in [2.05, 4.69) is 0 Å². The Hall–Kier alpha value is -0.180. The number of hydrogen-bond donors (Lipinski definition) is 1. The first kappa shape index (κ1) is 8.82. The molecule has 0 spiro atoms. The van der Waals surface area contributed by atoms with Crippen molar-refractivity contribution in [2.45, 2.75) is 26.7 Å². The van der Waals surface area contributed by atoms with Crippen LogP contribution >= 0.6 is 0 Å². The summed E-state index contributed by atoms with van der Waals surface area (Å²) in [7, 11) is 0. The molecule has 1 N–H and O–H groups in total. The third-order valence-electron chi connectivity index (χ3n) is 1.13. The summed E-state index contributed by atoms with van der Waals surface area (Å²) < 4.78 is 23.2. The Kier molecular flexibility index (Phi) is 3.04. The van der Waals surface area contributed by atoms with Crippen molar-refractivity contribution in [3.05, 3.63) is 0 Å². The average molecular weight is 138 g/mol. The number of alkyl halides is 2. The fraction of sp³-hybridized carbons (Fsp3) is 1.00. The molecule has 0 bridgehead atoms. The summed E-state index contributed by atoms with van der Waals surface area (Å²) in [5, 5.41) is 8.51. The van der Waals surface area contributed by atoms with Crippen molar-refractivity contribution >= 4 is 0 Å². The molecule has 0 aromatic carbocycles. The third-order valence-corrected chi connectivity index (χ3v) is 1.13. The van der Waals surface area contributed by atoms with Crippen molar-refractivity contribution in [1.82, 2.24) is 0 Å². The lowest BCUT2D eigenvalue weighted by Crippen LogP contribution is -2.19. The Morgan fingerprint density at radius 3 is 2.00 bits per heavy atom. The maximum absolute atomic E-state index is 11.6. The maximum atomic E-state index is 11.6. The lowest BCUT2D eigenvalue weighted by molar-refractivity contribution is 0.0537. The van der Waals surface area contributed by atoms with Gasteiger partial charge in [0.2, 0.25) is 6.43 Å². The number of hydrogen-bond acceptors (Lipinski definition) is 1. The van der Waals surface area contributed by atoms with Crippen LogP contribution in [0, 0.1) is 5.41 Å². The van der Waals surface area contributed by atoms with Crippen molar-refractivity contribution in [1.29, 1.82) is 0 Å². The lowest BCUT2D eigenvalue weighted by Gasteiger charge is -2.19. The van der Waals surface area contributed by atoms with E-state index in [4.69, 9.17) is 5.11 Å². The predicted molar refractivity (Wildman–Crippen MR) is 31.5 cm³/mol. The van der Waals surface area contributed by atoms with Crippen LogP contribution in [-0.2, 0) is 0 Å². The topological polar surface area (TPSA) is 20.2 Å². The van der Waals surface area contributed by atoms with E-state index in [1.807, 2.05) is 0 Å². The number of aliphatic hydroxyl groups is 1. The minimum atomic E-state index is -2.31.